The van der Waals surface area contributed by atoms with Gasteiger partial charge >= 0.3 is 0 Å². The first-order chi connectivity index (χ1) is 7.24. The van der Waals surface area contributed by atoms with E-state index >= 15 is 0 Å². The molecule has 0 unspecified atom stereocenters. The fourth-order valence-electron chi connectivity index (χ4n) is 2.09. The second kappa shape index (κ2) is 4.37. The number of nitrogens with two attached hydrogens (primary N) is 1. The van der Waals surface area contributed by atoms with E-state index in [1.807, 2.05) is 6.20 Å². The fraction of sp³-hybridized carbons (Fsp3) is 0.667. The summed E-state index contributed by atoms with van der Waals surface area (Å²) in [6.07, 6.45) is 7.82. The number of aromatic amines is 1. The molecule has 3 nitrogen and oxygen atoms in total. The number of nitrogens with one attached hydrogen (secondary N) is 1. The normalized spacial score (nSPS) is 18.3. The topological polar surface area (TPSA) is 45.0 Å². The summed E-state index contributed by atoms with van der Waals surface area (Å²) in [7, 11) is 2.20. The number of H-pyrrole nitrogens is 1. The maximum absolute atomic E-state index is 5.78. The van der Waals surface area contributed by atoms with Gasteiger partial charge in [-0.25, -0.2) is 0 Å². The summed E-state index contributed by atoms with van der Waals surface area (Å²) in [5.74, 6) is 0. The standard InChI is InChI=1S/C12H21N3/c1-15(10-12(9-13)4-5-12)7-3-11-2-6-14-8-11/h2,6,8,14H,3-5,7,9-10,13H2,1H3. The van der Waals surface area contributed by atoms with Crippen molar-refractivity contribution in [3.8, 4) is 0 Å². The van der Waals surface area contributed by atoms with Gasteiger partial charge in [0.1, 0.15) is 0 Å². The molecule has 1 saturated carbocycles. The highest BCUT2D eigenvalue weighted by atomic mass is 15.1. The number of hydrogen-bond acceptors (Lipinski definition) is 2. The van der Waals surface area contributed by atoms with Gasteiger partial charge in [0.25, 0.3) is 0 Å². The van der Waals surface area contributed by atoms with Crippen LogP contribution in [-0.4, -0.2) is 36.6 Å². The smallest absolute Gasteiger partial charge is 0.00471 e. The third-order valence-corrected chi connectivity index (χ3v) is 3.44. The lowest BCUT2D eigenvalue weighted by atomic mass is 10.1. The van der Waals surface area contributed by atoms with Crippen LogP contribution in [0.3, 0.4) is 0 Å². The van der Waals surface area contributed by atoms with Crippen LogP contribution >= 0.6 is 0 Å². The molecule has 0 bridgehead atoms. The first-order valence-corrected chi connectivity index (χ1v) is 5.74. The zero-order valence-corrected chi connectivity index (χ0v) is 9.50. The van der Waals surface area contributed by atoms with E-state index < -0.39 is 0 Å². The summed E-state index contributed by atoms with van der Waals surface area (Å²) in [5.41, 5.74) is 7.63. The van der Waals surface area contributed by atoms with Gasteiger partial charge in [0, 0.05) is 25.5 Å². The predicted molar refractivity (Wildman–Crippen MR) is 62.7 cm³/mol. The maximum Gasteiger partial charge on any atom is 0.00471 e. The third-order valence-electron chi connectivity index (χ3n) is 3.44. The first-order valence-electron chi connectivity index (χ1n) is 5.74. The molecule has 0 saturated heterocycles. The molecule has 0 aliphatic heterocycles. The summed E-state index contributed by atoms with van der Waals surface area (Å²) < 4.78 is 0. The Labute approximate surface area is 91.7 Å². The Morgan fingerprint density at radius 1 is 1.53 bits per heavy atom. The molecule has 15 heavy (non-hydrogen) atoms. The molecule has 3 heteroatoms. The van der Waals surface area contributed by atoms with Crippen LogP contribution in [-0.2, 0) is 6.42 Å². The molecule has 1 aromatic rings. The van der Waals surface area contributed by atoms with Gasteiger partial charge in [-0.15, -0.1) is 0 Å². The third kappa shape index (κ3) is 2.83. The molecule has 3 N–H and O–H groups in total. The van der Waals surface area contributed by atoms with Crippen LogP contribution in [0.5, 0.6) is 0 Å². The number of nitrogens with zero attached hydrogens (tertiary/aromatic N) is 1. The van der Waals surface area contributed by atoms with E-state index in [4.69, 9.17) is 5.73 Å². The molecule has 0 atom stereocenters. The largest absolute Gasteiger partial charge is 0.367 e. The van der Waals surface area contributed by atoms with Crippen molar-refractivity contribution in [3.05, 3.63) is 24.0 Å². The Balaban J connectivity index is 1.71. The predicted octanol–water partition coefficient (Wildman–Crippen LogP) is 1.23. The van der Waals surface area contributed by atoms with Crippen LogP contribution in [0, 0.1) is 5.41 Å². The second-order valence-electron chi connectivity index (χ2n) is 4.91. The van der Waals surface area contributed by atoms with Crippen LogP contribution in [0.15, 0.2) is 18.5 Å². The Morgan fingerprint density at radius 2 is 2.33 bits per heavy atom. The summed E-state index contributed by atoms with van der Waals surface area (Å²) >= 11 is 0. The van der Waals surface area contributed by atoms with Crippen molar-refractivity contribution in [3.63, 3.8) is 0 Å². The summed E-state index contributed by atoms with van der Waals surface area (Å²) in [6.45, 7) is 3.13. The molecular weight excluding hydrogens is 186 g/mol. The minimum absolute atomic E-state index is 0.465. The van der Waals surface area contributed by atoms with Crippen LogP contribution in [0.1, 0.15) is 18.4 Å². The van der Waals surface area contributed by atoms with Crippen molar-refractivity contribution in [1.29, 1.82) is 0 Å². The maximum atomic E-state index is 5.78. The lowest BCUT2D eigenvalue weighted by Crippen LogP contribution is -2.32. The number of aromatic nitrogens is 1. The van der Waals surface area contributed by atoms with Gasteiger partial charge in [-0.3, -0.25) is 0 Å². The van der Waals surface area contributed by atoms with Gasteiger partial charge < -0.3 is 15.6 Å². The van der Waals surface area contributed by atoms with E-state index in [9.17, 15) is 0 Å². The van der Waals surface area contributed by atoms with Gasteiger partial charge in [0.05, 0.1) is 0 Å². The minimum atomic E-state index is 0.465. The van der Waals surface area contributed by atoms with Crippen molar-refractivity contribution in [2.24, 2.45) is 11.1 Å². The first kappa shape index (κ1) is 10.7. The lowest BCUT2D eigenvalue weighted by molar-refractivity contribution is 0.269. The monoisotopic (exact) mass is 207 g/mol. The minimum Gasteiger partial charge on any atom is -0.367 e. The van der Waals surface area contributed by atoms with Crippen molar-refractivity contribution in [2.75, 3.05) is 26.7 Å². The van der Waals surface area contributed by atoms with Crippen molar-refractivity contribution >= 4 is 0 Å². The molecule has 1 aromatic heterocycles. The highest BCUT2D eigenvalue weighted by molar-refractivity contribution is 5.08. The molecule has 1 aliphatic carbocycles. The molecule has 1 aliphatic rings. The molecule has 2 rings (SSSR count). The summed E-state index contributed by atoms with van der Waals surface area (Å²) in [6, 6.07) is 2.14. The van der Waals surface area contributed by atoms with Gasteiger partial charge in [-0.2, -0.15) is 0 Å². The molecule has 0 aromatic carbocycles. The average molecular weight is 207 g/mol. The van der Waals surface area contributed by atoms with E-state index in [1.54, 1.807) is 0 Å². The zero-order valence-electron chi connectivity index (χ0n) is 9.50. The Hall–Kier alpha value is -0.800. The highest BCUT2D eigenvalue weighted by Crippen LogP contribution is 2.44. The highest BCUT2D eigenvalue weighted by Gasteiger charge is 2.41. The van der Waals surface area contributed by atoms with Gasteiger partial charge in [0.15, 0.2) is 0 Å². The molecule has 84 valence electrons. The summed E-state index contributed by atoms with van der Waals surface area (Å²) in [4.78, 5) is 5.50. The number of likely N-dealkylation sites (N-methyl/N-ethyl adjacent to an activating group) is 1. The molecule has 0 amide bonds. The van der Waals surface area contributed by atoms with Crippen molar-refractivity contribution < 1.29 is 0 Å². The van der Waals surface area contributed by atoms with Gasteiger partial charge in [-0.1, -0.05) is 0 Å². The zero-order chi connectivity index (χ0) is 10.7. The van der Waals surface area contributed by atoms with E-state index in [1.165, 1.54) is 18.4 Å². The number of hydrogen-bond donors (Lipinski definition) is 2. The van der Waals surface area contributed by atoms with Crippen LogP contribution in [0.4, 0.5) is 0 Å². The number of rotatable bonds is 6. The Bertz CT molecular complexity index is 288. The summed E-state index contributed by atoms with van der Waals surface area (Å²) in [5, 5.41) is 0. The van der Waals surface area contributed by atoms with Crippen LogP contribution in [0.2, 0.25) is 0 Å². The Kier molecular flexibility index (Phi) is 3.12. The molecule has 0 radical (unpaired) electrons. The quantitative estimate of drug-likeness (QED) is 0.737. The Morgan fingerprint density at radius 3 is 2.87 bits per heavy atom. The van der Waals surface area contributed by atoms with E-state index in [0.29, 0.717) is 5.41 Å². The van der Waals surface area contributed by atoms with E-state index in [-0.39, 0.29) is 0 Å². The van der Waals surface area contributed by atoms with Gasteiger partial charge in [-0.05, 0) is 49.9 Å². The van der Waals surface area contributed by atoms with Crippen molar-refractivity contribution in [1.82, 2.24) is 9.88 Å². The fourth-order valence-corrected chi connectivity index (χ4v) is 2.09. The average Bonchev–Trinajstić information content (AvgIpc) is 2.80. The van der Waals surface area contributed by atoms with Crippen LogP contribution in [0.25, 0.3) is 0 Å². The molecule has 0 spiro atoms. The molecule has 1 heterocycles. The van der Waals surface area contributed by atoms with Crippen LogP contribution < -0.4 is 5.73 Å². The van der Waals surface area contributed by atoms with Gasteiger partial charge in [0.2, 0.25) is 0 Å². The van der Waals surface area contributed by atoms with E-state index in [2.05, 4.69) is 29.2 Å². The lowest BCUT2D eigenvalue weighted by Gasteiger charge is -2.22. The SMILES string of the molecule is CN(CCc1cc[nH]c1)CC1(CN)CC1. The molecular formula is C12H21N3. The van der Waals surface area contributed by atoms with E-state index in [0.717, 1.165) is 26.1 Å². The van der Waals surface area contributed by atoms with Crippen molar-refractivity contribution in [2.45, 2.75) is 19.3 Å². The molecule has 1 fully saturated rings. The second-order valence-corrected chi connectivity index (χ2v) is 4.91.